The standard InChI is InChI=1S/C13H17N3O/c1-8-4-5-9(2)10(6-8)12(17)11-7-15-16(3)13(11)14/h4-7,12,17H,14H2,1-3H3. The largest absolute Gasteiger partial charge is 0.384 e. The molecule has 4 nitrogen and oxygen atoms in total. The Morgan fingerprint density at radius 3 is 2.59 bits per heavy atom. The number of anilines is 1. The average molecular weight is 231 g/mol. The number of aryl methyl sites for hydroxylation is 3. The Morgan fingerprint density at radius 1 is 1.29 bits per heavy atom. The van der Waals surface area contributed by atoms with Crippen molar-refractivity contribution in [2.75, 3.05) is 5.73 Å². The van der Waals surface area contributed by atoms with E-state index in [2.05, 4.69) is 5.10 Å². The third kappa shape index (κ3) is 2.03. The summed E-state index contributed by atoms with van der Waals surface area (Å²) in [7, 11) is 1.76. The lowest BCUT2D eigenvalue weighted by Crippen LogP contribution is -2.06. The molecule has 1 heterocycles. The van der Waals surface area contributed by atoms with Crippen LogP contribution >= 0.6 is 0 Å². The van der Waals surface area contributed by atoms with E-state index in [1.807, 2.05) is 32.0 Å². The fourth-order valence-electron chi connectivity index (χ4n) is 1.90. The quantitative estimate of drug-likeness (QED) is 0.826. The maximum Gasteiger partial charge on any atom is 0.127 e. The van der Waals surface area contributed by atoms with Crippen LogP contribution in [0.4, 0.5) is 5.82 Å². The first kappa shape index (κ1) is 11.7. The molecule has 0 aliphatic heterocycles. The summed E-state index contributed by atoms with van der Waals surface area (Å²) in [6.45, 7) is 3.98. The Morgan fingerprint density at radius 2 is 2.00 bits per heavy atom. The third-order valence-electron chi connectivity index (χ3n) is 3.04. The Balaban J connectivity index is 2.47. The van der Waals surface area contributed by atoms with E-state index in [-0.39, 0.29) is 0 Å². The summed E-state index contributed by atoms with van der Waals surface area (Å²) in [5, 5.41) is 14.4. The molecule has 0 amide bonds. The maximum absolute atomic E-state index is 10.4. The van der Waals surface area contributed by atoms with Gasteiger partial charge in [0, 0.05) is 12.6 Å². The van der Waals surface area contributed by atoms with Crippen molar-refractivity contribution in [3.8, 4) is 0 Å². The van der Waals surface area contributed by atoms with Crippen LogP contribution in [0.1, 0.15) is 28.4 Å². The molecule has 0 bridgehead atoms. The van der Waals surface area contributed by atoms with Crippen molar-refractivity contribution >= 4 is 5.82 Å². The van der Waals surface area contributed by atoms with Crippen LogP contribution in [0, 0.1) is 13.8 Å². The first-order chi connectivity index (χ1) is 8.00. The van der Waals surface area contributed by atoms with Crippen molar-refractivity contribution in [3.05, 3.63) is 46.6 Å². The molecule has 0 fully saturated rings. The van der Waals surface area contributed by atoms with Gasteiger partial charge >= 0.3 is 0 Å². The van der Waals surface area contributed by atoms with Crippen LogP contribution in [0.3, 0.4) is 0 Å². The van der Waals surface area contributed by atoms with Gasteiger partial charge in [0.15, 0.2) is 0 Å². The van der Waals surface area contributed by atoms with Gasteiger partial charge in [0.2, 0.25) is 0 Å². The summed E-state index contributed by atoms with van der Waals surface area (Å²) in [6.07, 6.45) is 0.894. The summed E-state index contributed by atoms with van der Waals surface area (Å²) in [5.74, 6) is 0.499. The van der Waals surface area contributed by atoms with E-state index >= 15 is 0 Å². The predicted molar refractivity (Wildman–Crippen MR) is 67.6 cm³/mol. The highest BCUT2D eigenvalue weighted by Gasteiger charge is 2.18. The molecule has 1 atom stereocenters. The average Bonchev–Trinajstić information content (AvgIpc) is 2.62. The number of nitrogens with zero attached hydrogens (tertiary/aromatic N) is 2. The lowest BCUT2D eigenvalue weighted by Gasteiger charge is -2.14. The zero-order valence-corrected chi connectivity index (χ0v) is 10.3. The molecule has 1 aromatic carbocycles. The van der Waals surface area contributed by atoms with Crippen LogP contribution in [-0.2, 0) is 7.05 Å². The minimum absolute atomic E-state index is 0.499. The Hall–Kier alpha value is -1.81. The van der Waals surface area contributed by atoms with E-state index in [4.69, 9.17) is 5.73 Å². The van der Waals surface area contributed by atoms with E-state index in [9.17, 15) is 5.11 Å². The van der Waals surface area contributed by atoms with Gasteiger partial charge in [-0.2, -0.15) is 5.10 Å². The van der Waals surface area contributed by atoms with Crippen molar-refractivity contribution in [2.45, 2.75) is 20.0 Å². The third-order valence-corrected chi connectivity index (χ3v) is 3.04. The molecule has 0 spiro atoms. The van der Waals surface area contributed by atoms with Gasteiger partial charge in [-0.15, -0.1) is 0 Å². The molecule has 0 aliphatic carbocycles. The van der Waals surface area contributed by atoms with Crippen molar-refractivity contribution in [1.82, 2.24) is 9.78 Å². The number of aromatic nitrogens is 2. The lowest BCUT2D eigenvalue weighted by molar-refractivity contribution is 0.220. The van der Waals surface area contributed by atoms with Crippen LogP contribution in [-0.4, -0.2) is 14.9 Å². The fraction of sp³-hybridized carbons (Fsp3) is 0.308. The second-order valence-corrected chi connectivity index (χ2v) is 4.37. The molecule has 0 saturated carbocycles. The summed E-state index contributed by atoms with van der Waals surface area (Å²) < 4.78 is 1.56. The van der Waals surface area contributed by atoms with Gasteiger partial charge in [-0.25, -0.2) is 0 Å². The van der Waals surface area contributed by atoms with Crippen molar-refractivity contribution in [3.63, 3.8) is 0 Å². The number of hydrogen-bond acceptors (Lipinski definition) is 3. The molecule has 0 saturated heterocycles. The second-order valence-electron chi connectivity index (χ2n) is 4.37. The Bertz CT molecular complexity index is 546. The van der Waals surface area contributed by atoms with Gasteiger partial charge in [-0.05, 0) is 25.0 Å². The zero-order chi connectivity index (χ0) is 12.6. The van der Waals surface area contributed by atoms with E-state index < -0.39 is 6.10 Å². The predicted octanol–water partition coefficient (Wildman–Crippen LogP) is 1.70. The Kier molecular flexibility index (Phi) is 2.90. The summed E-state index contributed by atoms with van der Waals surface area (Å²) in [4.78, 5) is 0. The topological polar surface area (TPSA) is 64.1 Å². The smallest absolute Gasteiger partial charge is 0.127 e. The van der Waals surface area contributed by atoms with Gasteiger partial charge in [-0.1, -0.05) is 23.8 Å². The first-order valence-electron chi connectivity index (χ1n) is 5.53. The zero-order valence-electron chi connectivity index (χ0n) is 10.3. The molecule has 2 rings (SSSR count). The maximum atomic E-state index is 10.4. The lowest BCUT2D eigenvalue weighted by atomic mass is 9.97. The van der Waals surface area contributed by atoms with Crippen LogP contribution in [0.25, 0.3) is 0 Å². The number of nitrogens with two attached hydrogens (primary N) is 1. The van der Waals surface area contributed by atoms with Crippen LogP contribution < -0.4 is 5.73 Å². The molecular weight excluding hydrogens is 214 g/mol. The van der Waals surface area contributed by atoms with E-state index in [1.54, 1.807) is 17.9 Å². The van der Waals surface area contributed by atoms with Gasteiger partial charge in [0.05, 0.1) is 6.20 Å². The van der Waals surface area contributed by atoms with Crippen molar-refractivity contribution in [1.29, 1.82) is 0 Å². The summed E-state index contributed by atoms with van der Waals surface area (Å²) in [6, 6.07) is 6.00. The second kappa shape index (κ2) is 4.22. The molecule has 2 aromatic rings. The molecule has 17 heavy (non-hydrogen) atoms. The molecule has 0 radical (unpaired) electrons. The van der Waals surface area contributed by atoms with Gasteiger partial charge in [0.25, 0.3) is 0 Å². The first-order valence-corrected chi connectivity index (χ1v) is 5.53. The van der Waals surface area contributed by atoms with E-state index in [0.29, 0.717) is 11.4 Å². The molecule has 1 aromatic heterocycles. The number of hydrogen-bond donors (Lipinski definition) is 2. The minimum atomic E-state index is -0.719. The molecular formula is C13H17N3O. The number of aliphatic hydroxyl groups is 1. The fourth-order valence-corrected chi connectivity index (χ4v) is 1.90. The summed E-state index contributed by atoms with van der Waals surface area (Å²) >= 11 is 0. The van der Waals surface area contributed by atoms with Crippen LogP contribution in [0.5, 0.6) is 0 Å². The van der Waals surface area contributed by atoms with Gasteiger partial charge in [0.1, 0.15) is 11.9 Å². The normalized spacial score (nSPS) is 12.7. The number of rotatable bonds is 2. The van der Waals surface area contributed by atoms with Crippen molar-refractivity contribution < 1.29 is 5.11 Å². The highest BCUT2D eigenvalue weighted by molar-refractivity contribution is 5.46. The Labute approximate surface area is 101 Å². The van der Waals surface area contributed by atoms with Crippen LogP contribution in [0.2, 0.25) is 0 Å². The molecule has 1 unspecified atom stereocenters. The highest BCUT2D eigenvalue weighted by atomic mass is 16.3. The number of nitrogen functional groups attached to an aromatic ring is 1. The molecule has 90 valence electrons. The highest BCUT2D eigenvalue weighted by Crippen LogP contribution is 2.28. The van der Waals surface area contributed by atoms with Gasteiger partial charge < -0.3 is 10.8 Å². The molecule has 4 heteroatoms. The van der Waals surface area contributed by atoms with E-state index in [0.717, 1.165) is 16.7 Å². The molecule has 3 N–H and O–H groups in total. The van der Waals surface area contributed by atoms with Gasteiger partial charge in [-0.3, -0.25) is 4.68 Å². The number of aliphatic hydroxyl groups excluding tert-OH is 1. The van der Waals surface area contributed by atoms with Crippen molar-refractivity contribution in [2.24, 2.45) is 7.05 Å². The molecule has 0 aliphatic rings. The minimum Gasteiger partial charge on any atom is -0.384 e. The monoisotopic (exact) mass is 231 g/mol. The SMILES string of the molecule is Cc1ccc(C)c(C(O)c2cnn(C)c2N)c1. The number of benzene rings is 1. The van der Waals surface area contributed by atoms with Crippen LogP contribution in [0.15, 0.2) is 24.4 Å². The van der Waals surface area contributed by atoms with E-state index in [1.165, 1.54) is 0 Å². The summed E-state index contributed by atoms with van der Waals surface area (Å²) in [5.41, 5.74) is 9.57.